The van der Waals surface area contributed by atoms with Gasteiger partial charge < -0.3 is 10.1 Å². The van der Waals surface area contributed by atoms with Crippen molar-refractivity contribution in [1.29, 1.82) is 0 Å². The van der Waals surface area contributed by atoms with Crippen molar-refractivity contribution in [3.63, 3.8) is 0 Å². The lowest BCUT2D eigenvalue weighted by Crippen LogP contribution is -2.25. The minimum Gasteiger partial charge on any atom is -0.483 e. The summed E-state index contributed by atoms with van der Waals surface area (Å²) in [4.78, 5) is 15.5. The molecule has 0 atom stereocenters. The highest BCUT2D eigenvalue weighted by Gasteiger charge is 2.15. The number of nitrogens with zero attached hydrogens (tertiary/aromatic N) is 1. The number of rotatable bonds is 0. The molecule has 0 saturated carbocycles. The number of amides is 1. The molecule has 1 aromatic heterocycles. The van der Waals surface area contributed by atoms with Crippen LogP contribution in [0.3, 0.4) is 0 Å². The maximum absolute atomic E-state index is 11.2. The third kappa shape index (κ3) is 1.39. The van der Waals surface area contributed by atoms with Crippen LogP contribution in [0.1, 0.15) is 5.56 Å². The molecule has 1 amide bonds. The second-order valence-corrected chi connectivity index (χ2v) is 3.68. The number of ether oxygens (including phenoxy) is 1. The normalized spacial score (nSPS) is 14.9. The van der Waals surface area contributed by atoms with Gasteiger partial charge in [0, 0.05) is 23.7 Å². The molecule has 16 heavy (non-hydrogen) atoms. The Morgan fingerprint density at radius 2 is 2.25 bits per heavy atom. The fourth-order valence-corrected chi connectivity index (χ4v) is 1.89. The summed E-state index contributed by atoms with van der Waals surface area (Å²) in [7, 11) is 0. The van der Waals surface area contributed by atoms with Gasteiger partial charge in [-0.05, 0) is 18.2 Å². The number of carbonyl (C=O) groups is 1. The third-order valence-electron chi connectivity index (χ3n) is 2.67. The van der Waals surface area contributed by atoms with E-state index in [9.17, 15) is 4.79 Å². The van der Waals surface area contributed by atoms with Gasteiger partial charge in [0.05, 0.1) is 5.52 Å². The first kappa shape index (κ1) is 9.15. The van der Waals surface area contributed by atoms with Crippen LogP contribution in [0.4, 0.5) is 0 Å². The summed E-state index contributed by atoms with van der Waals surface area (Å²) in [5.74, 6) is 0.673. The van der Waals surface area contributed by atoms with E-state index >= 15 is 0 Å². The maximum Gasteiger partial charge on any atom is 0.258 e. The molecule has 0 spiro atoms. The molecule has 0 saturated heterocycles. The molecule has 80 valence electrons. The van der Waals surface area contributed by atoms with Crippen LogP contribution < -0.4 is 10.1 Å². The molecule has 1 N–H and O–H groups in total. The molecule has 1 aliphatic heterocycles. The van der Waals surface area contributed by atoms with Gasteiger partial charge in [-0.1, -0.05) is 6.07 Å². The number of pyridine rings is 1. The smallest absolute Gasteiger partial charge is 0.258 e. The number of hydrogen-bond acceptors (Lipinski definition) is 3. The molecule has 2 heterocycles. The molecule has 0 bridgehead atoms. The van der Waals surface area contributed by atoms with Gasteiger partial charge in [-0.15, -0.1) is 0 Å². The topological polar surface area (TPSA) is 51.2 Å². The summed E-state index contributed by atoms with van der Waals surface area (Å²) in [5.41, 5.74) is 1.91. The molecule has 2 aromatic rings. The van der Waals surface area contributed by atoms with Crippen molar-refractivity contribution in [3.8, 4) is 5.75 Å². The maximum atomic E-state index is 11.2. The number of fused-ring (bicyclic) bond motifs is 3. The highest BCUT2D eigenvalue weighted by Crippen LogP contribution is 2.27. The molecular formula is C12H10N2O2. The summed E-state index contributed by atoms with van der Waals surface area (Å²) >= 11 is 0. The highest BCUT2D eigenvalue weighted by atomic mass is 16.5. The first-order valence-corrected chi connectivity index (χ1v) is 5.11. The minimum atomic E-state index is -0.0896. The van der Waals surface area contributed by atoms with Crippen LogP contribution in [0, 0.1) is 0 Å². The fourth-order valence-electron chi connectivity index (χ4n) is 1.89. The first-order valence-electron chi connectivity index (χ1n) is 5.11. The van der Waals surface area contributed by atoms with Gasteiger partial charge in [-0.3, -0.25) is 9.78 Å². The van der Waals surface area contributed by atoms with Crippen LogP contribution in [0.2, 0.25) is 0 Å². The van der Waals surface area contributed by atoms with E-state index in [4.69, 9.17) is 4.74 Å². The molecule has 0 unspecified atom stereocenters. The summed E-state index contributed by atoms with van der Waals surface area (Å²) < 4.78 is 5.43. The summed E-state index contributed by atoms with van der Waals surface area (Å²) in [6, 6.07) is 7.65. The van der Waals surface area contributed by atoms with Crippen LogP contribution in [-0.2, 0) is 11.3 Å². The van der Waals surface area contributed by atoms with E-state index in [-0.39, 0.29) is 12.5 Å². The van der Waals surface area contributed by atoms with Crippen LogP contribution in [0.25, 0.3) is 10.9 Å². The Morgan fingerprint density at radius 1 is 1.31 bits per heavy atom. The van der Waals surface area contributed by atoms with Gasteiger partial charge in [0.25, 0.3) is 5.91 Å². The second-order valence-electron chi connectivity index (χ2n) is 3.68. The van der Waals surface area contributed by atoms with Gasteiger partial charge in [0.2, 0.25) is 0 Å². The highest BCUT2D eigenvalue weighted by molar-refractivity contribution is 5.86. The first-order chi connectivity index (χ1) is 7.84. The molecule has 0 radical (unpaired) electrons. The number of benzene rings is 1. The van der Waals surface area contributed by atoms with E-state index in [1.54, 1.807) is 6.20 Å². The summed E-state index contributed by atoms with van der Waals surface area (Å²) in [6.07, 6.45) is 1.75. The average Bonchev–Trinajstić information content (AvgIpc) is 2.52. The van der Waals surface area contributed by atoms with Gasteiger partial charge >= 0.3 is 0 Å². The van der Waals surface area contributed by atoms with Crippen molar-refractivity contribution >= 4 is 16.8 Å². The fraction of sp³-hybridized carbons (Fsp3) is 0.167. The van der Waals surface area contributed by atoms with Crippen molar-refractivity contribution in [1.82, 2.24) is 10.3 Å². The zero-order valence-corrected chi connectivity index (χ0v) is 8.56. The Bertz CT molecular complexity index is 566. The van der Waals surface area contributed by atoms with Crippen LogP contribution in [0.5, 0.6) is 5.75 Å². The molecule has 0 fully saturated rings. The van der Waals surface area contributed by atoms with Gasteiger partial charge in [0.1, 0.15) is 5.75 Å². The number of hydrogen-bond donors (Lipinski definition) is 1. The lowest BCUT2D eigenvalue weighted by atomic mass is 10.1. The van der Waals surface area contributed by atoms with Crippen molar-refractivity contribution < 1.29 is 9.53 Å². The molecular weight excluding hydrogens is 204 g/mol. The molecule has 1 aliphatic rings. The van der Waals surface area contributed by atoms with Crippen molar-refractivity contribution in [2.45, 2.75) is 6.54 Å². The molecule has 3 rings (SSSR count). The second kappa shape index (κ2) is 3.48. The van der Waals surface area contributed by atoms with E-state index in [1.165, 1.54) is 0 Å². The lowest BCUT2D eigenvalue weighted by Gasteiger charge is -2.08. The van der Waals surface area contributed by atoms with Crippen LogP contribution in [0.15, 0.2) is 30.5 Å². The molecule has 1 aromatic carbocycles. The largest absolute Gasteiger partial charge is 0.483 e. The Morgan fingerprint density at radius 3 is 3.19 bits per heavy atom. The SMILES string of the molecule is O=C1COc2ccc3ncccc3c2CN1. The standard InChI is InChI=1S/C12H10N2O2/c15-12-7-16-11-4-3-10-8(2-1-5-13-10)9(11)6-14-12/h1-5H,6-7H2,(H,14,15). The van der Waals surface area contributed by atoms with Crippen molar-refractivity contribution in [3.05, 3.63) is 36.0 Å². The van der Waals surface area contributed by atoms with Crippen LogP contribution in [-0.4, -0.2) is 17.5 Å². The van der Waals surface area contributed by atoms with E-state index in [0.29, 0.717) is 6.54 Å². The molecule has 4 heteroatoms. The minimum absolute atomic E-state index is 0.0821. The predicted molar refractivity (Wildman–Crippen MR) is 59.1 cm³/mol. The third-order valence-corrected chi connectivity index (χ3v) is 2.67. The molecule has 4 nitrogen and oxygen atoms in total. The van der Waals surface area contributed by atoms with Crippen LogP contribution >= 0.6 is 0 Å². The predicted octanol–water partition coefficient (Wildman–Crippen LogP) is 1.24. The van der Waals surface area contributed by atoms with Gasteiger partial charge in [-0.2, -0.15) is 0 Å². The quantitative estimate of drug-likeness (QED) is 0.718. The number of carbonyl (C=O) groups excluding carboxylic acids is 1. The lowest BCUT2D eigenvalue weighted by molar-refractivity contribution is -0.122. The average molecular weight is 214 g/mol. The molecule has 0 aliphatic carbocycles. The number of nitrogens with one attached hydrogen (secondary N) is 1. The zero-order valence-electron chi connectivity index (χ0n) is 8.56. The van der Waals surface area contributed by atoms with Gasteiger partial charge in [0.15, 0.2) is 6.61 Å². The van der Waals surface area contributed by atoms with Crippen molar-refractivity contribution in [2.75, 3.05) is 6.61 Å². The monoisotopic (exact) mass is 214 g/mol. The Hall–Kier alpha value is -2.10. The van der Waals surface area contributed by atoms with E-state index in [2.05, 4.69) is 10.3 Å². The van der Waals surface area contributed by atoms with E-state index in [1.807, 2.05) is 24.3 Å². The Kier molecular flexibility index (Phi) is 1.99. The Balaban J connectivity index is 2.22. The summed E-state index contributed by atoms with van der Waals surface area (Å²) in [6.45, 7) is 0.579. The number of aromatic nitrogens is 1. The van der Waals surface area contributed by atoms with Crippen molar-refractivity contribution in [2.24, 2.45) is 0 Å². The van der Waals surface area contributed by atoms with E-state index in [0.717, 1.165) is 22.2 Å². The Labute approximate surface area is 92.2 Å². The van der Waals surface area contributed by atoms with E-state index < -0.39 is 0 Å². The summed E-state index contributed by atoms with van der Waals surface area (Å²) in [5, 5.41) is 3.83. The van der Waals surface area contributed by atoms with Gasteiger partial charge in [-0.25, -0.2) is 0 Å². The zero-order chi connectivity index (χ0) is 11.0.